The molecule has 0 saturated heterocycles. The molecule has 118 valence electrons. The lowest BCUT2D eigenvalue weighted by molar-refractivity contribution is 0.281. The first-order valence-corrected chi connectivity index (χ1v) is 7.41. The number of rotatable bonds is 5. The number of benzene rings is 1. The van der Waals surface area contributed by atoms with Gasteiger partial charge in [0.05, 0.1) is 12.8 Å². The van der Waals surface area contributed by atoms with Crippen molar-refractivity contribution in [1.82, 2.24) is 19.9 Å². The van der Waals surface area contributed by atoms with Crippen molar-refractivity contribution in [2.24, 2.45) is 0 Å². The van der Waals surface area contributed by atoms with Gasteiger partial charge in [0.25, 0.3) is 0 Å². The van der Waals surface area contributed by atoms with Crippen LogP contribution in [-0.4, -0.2) is 37.7 Å². The van der Waals surface area contributed by atoms with Gasteiger partial charge in [-0.15, -0.1) is 0 Å². The van der Waals surface area contributed by atoms with E-state index < -0.39 is 0 Å². The summed E-state index contributed by atoms with van der Waals surface area (Å²) in [5, 5.41) is 15.9. The van der Waals surface area contributed by atoms with Gasteiger partial charge in [-0.3, -0.25) is 0 Å². The van der Waals surface area contributed by atoms with Crippen LogP contribution in [0.1, 0.15) is 6.92 Å². The van der Waals surface area contributed by atoms with Gasteiger partial charge in [0.15, 0.2) is 5.82 Å². The van der Waals surface area contributed by atoms with Crippen molar-refractivity contribution in [2.45, 2.75) is 13.0 Å². The molecule has 0 spiro atoms. The Hall–Kier alpha value is -2.51. The average Bonchev–Trinajstić information content (AvgIpc) is 2.55. The van der Waals surface area contributed by atoms with E-state index in [2.05, 4.69) is 30.6 Å². The molecular formula is C15H15ClN6O. The molecule has 2 aromatic heterocycles. The van der Waals surface area contributed by atoms with E-state index in [0.717, 1.165) is 5.69 Å². The number of nitrogens with zero attached hydrogens (tertiary/aromatic N) is 4. The Labute approximate surface area is 137 Å². The van der Waals surface area contributed by atoms with Crippen LogP contribution in [0.5, 0.6) is 0 Å². The van der Waals surface area contributed by atoms with E-state index in [9.17, 15) is 0 Å². The Morgan fingerprint density at radius 1 is 1.26 bits per heavy atom. The maximum Gasteiger partial charge on any atom is 0.223 e. The molecule has 0 radical (unpaired) electrons. The number of nitrogens with one attached hydrogen (secondary N) is 2. The van der Waals surface area contributed by atoms with Crippen LogP contribution < -0.4 is 10.6 Å². The van der Waals surface area contributed by atoms with Crippen LogP contribution in [0.4, 0.5) is 17.5 Å². The fourth-order valence-electron chi connectivity index (χ4n) is 1.98. The highest BCUT2D eigenvalue weighted by atomic mass is 35.5. The van der Waals surface area contributed by atoms with E-state index >= 15 is 0 Å². The summed E-state index contributed by atoms with van der Waals surface area (Å²) in [5.74, 6) is 0.961. The zero-order valence-corrected chi connectivity index (χ0v) is 13.1. The zero-order valence-electron chi connectivity index (χ0n) is 12.4. The maximum atomic E-state index is 9.12. The largest absolute Gasteiger partial charge is 0.394 e. The number of aliphatic hydroxyl groups excluding tert-OH is 1. The van der Waals surface area contributed by atoms with Gasteiger partial charge in [0, 0.05) is 16.8 Å². The highest BCUT2D eigenvalue weighted by Gasteiger charge is 2.09. The summed E-state index contributed by atoms with van der Waals surface area (Å²) in [6.07, 6.45) is 3.06. The molecular weight excluding hydrogens is 316 g/mol. The van der Waals surface area contributed by atoms with Crippen molar-refractivity contribution in [3.63, 3.8) is 0 Å². The zero-order chi connectivity index (χ0) is 16.2. The van der Waals surface area contributed by atoms with Gasteiger partial charge in [-0.1, -0.05) is 17.7 Å². The Kier molecular flexibility index (Phi) is 4.50. The van der Waals surface area contributed by atoms with E-state index in [1.54, 1.807) is 18.3 Å². The third kappa shape index (κ3) is 3.64. The first kappa shape index (κ1) is 15.4. The predicted molar refractivity (Wildman–Crippen MR) is 90.0 cm³/mol. The molecule has 0 saturated carbocycles. The van der Waals surface area contributed by atoms with E-state index in [1.807, 2.05) is 19.1 Å². The van der Waals surface area contributed by atoms with Gasteiger partial charge in [-0.05, 0) is 25.1 Å². The monoisotopic (exact) mass is 330 g/mol. The van der Waals surface area contributed by atoms with Gasteiger partial charge >= 0.3 is 0 Å². The number of halogens is 1. The Bertz CT molecular complexity index is 828. The summed E-state index contributed by atoms with van der Waals surface area (Å²) < 4.78 is 0. The van der Waals surface area contributed by atoms with E-state index in [4.69, 9.17) is 16.7 Å². The number of hydrogen-bond donors (Lipinski definition) is 3. The Morgan fingerprint density at radius 2 is 2.13 bits per heavy atom. The van der Waals surface area contributed by atoms with Crippen molar-refractivity contribution < 1.29 is 5.11 Å². The maximum absolute atomic E-state index is 9.12. The van der Waals surface area contributed by atoms with E-state index in [0.29, 0.717) is 27.8 Å². The van der Waals surface area contributed by atoms with Crippen molar-refractivity contribution in [2.75, 3.05) is 17.2 Å². The molecule has 0 aliphatic rings. The summed E-state index contributed by atoms with van der Waals surface area (Å²) in [7, 11) is 0. The first-order valence-electron chi connectivity index (χ1n) is 7.03. The van der Waals surface area contributed by atoms with Crippen molar-refractivity contribution in [1.29, 1.82) is 0 Å². The van der Waals surface area contributed by atoms with Gasteiger partial charge in [-0.2, -0.15) is 0 Å². The highest BCUT2D eigenvalue weighted by molar-refractivity contribution is 6.30. The number of hydrogen-bond acceptors (Lipinski definition) is 7. The minimum Gasteiger partial charge on any atom is -0.394 e. The third-order valence-electron chi connectivity index (χ3n) is 3.11. The van der Waals surface area contributed by atoms with Crippen LogP contribution in [0.3, 0.4) is 0 Å². The molecule has 1 unspecified atom stereocenters. The normalized spacial score (nSPS) is 12.1. The second kappa shape index (κ2) is 6.72. The lowest BCUT2D eigenvalue weighted by atomic mass is 10.3. The number of fused-ring (bicyclic) bond motifs is 1. The number of anilines is 3. The van der Waals surface area contributed by atoms with Crippen molar-refractivity contribution in [3.8, 4) is 0 Å². The van der Waals surface area contributed by atoms with Gasteiger partial charge < -0.3 is 15.7 Å². The number of aliphatic hydroxyl groups is 1. The molecule has 3 aromatic rings. The van der Waals surface area contributed by atoms with Crippen molar-refractivity contribution in [3.05, 3.63) is 41.8 Å². The molecule has 3 N–H and O–H groups in total. The smallest absolute Gasteiger partial charge is 0.223 e. The molecule has 23 heavy (non-hydrogen) atoms. The van der Waals surface area contributed by atoms with Crippen LogP contribution >= 0.6 is 11.6 Å². The second-order valence-electron chi connectivity index (χ2n) is 5.01. The van der Waals surface area contributed by atoms with Crippen LogP contribution in [0.25, 0.3) is 11.0 Å². The summed E-state index contributed by atoms with van der Waals surface area (Å²) in [5.41, 5.74) is 2.00. The van der Waals surface area contributed by atoms with Gasteiger partial charge in [-0.25, -0.2) is 19.9 Å². The number of aromatic nitrogens is 4. The first-order chi connectivity index (χ1) is 11.2. The van der Waals surface area contributed by atoms with Crippen LogP contribution in [0.2, 0.25) is 5.02 Å². The minimum atomic E-state index is -0.151. The molecule has 0 aliphatic heterocycles. The standard InChI is InChI=1S/C15H15ClN6O/c1-9(7-23)20-15-17-6-12-13(22-15)14(19-8-18-12)21-11-4-2-3-10(16)5-11/h2-6,8-9,23H,7H2,1H3,(H,17,20,22)(H,18,19,21). The Morgan fingerprint density at radius 3 is 2.91 bits per heavy atom. The fraction of sp³-hybridized carbons (Fsp3) is 0.200. The highest BCUT2D eigenvalue weighted by Crippen LogP contribution is 2.23. The molecule has 0 amide bonds. The van der Waals surface area contributed by atoms with E-state index in [-0.39, 0.29) is 12.6 Å². The molecule has 0 aliphatic carbocycles. The summed E-state index contributed by atoms with van der Waals surface area (Å²) in [4.78, 5) is 17.0. The quantitative estimate of drug-likeness (QED) is 0.661. The summed E-state index contributed by atoms with van der Waals surface area (Å²) in [6, 6.07) is 7.17. The second-order valence-corrected chi connectivity index (χ2v) is 5.45. The van der Waals surface area contributed by atoms with Crippen molar-refractivity contribution >= 4 is 40.1 Å². The molecule has 2 heterocycles. The molecule has 0 fully saturated rings. The summed E-state index contributed by atoms with van der Waals surface area (Å²) >= 11 is 6.00. The molecule has 1 aromatic carbocycles. The SMILES string of the molecule is CC(CO)Nc1ncc2ncnc(Nc3cccc(Cl)c3)c2n1. The predicted octanol–water partition coefficient (Wildman–Crippen LogP) is 2.61. The topological polar surface area (TPSA) is 95.9 Å². The van der Waals surface area contributed by atoms with Gasteiger partial charge in [0.2, 0.25) is 5.95 Å². The average molecular weight is 331 g/mol. The molecule has 7 nitrogen and oxygen atoms in total. The summed E-state index contributed by atoms with van der Waals surface area (Å²) in [6.45, 7) is 1.82. The van der Waals surface area contributed by atoms with Crippen LogP contribution in [0.15, 0.2) is 36.8 Å². The molecule has 8 heteroatoms. The van der Waals surface area contributed by atoms with Gasteiger partial charge in [0.1, 0.15) is 17.4 Å². The van der Waals surface area contributed by atoms with E-state index in [1.165, 1.54) is 6.33 Å². The lowest BCUT2D eigenvalue weighted by Gasteiger charge is -2.12. The molecule has 0 bridgehead atoms. The minimum absolute atomic E-state index is 0.0136. The Balaban J connectivity index is 1.97. The van der Waals surface area contributed by atoms with Crippen LogP contribution in [-0.2, 0) is 0 Å². The molecule has 1 atom stereocenters. The fourth-order valence-corrected chi connectivity index (χ4v) is 2.17. The molecule has 3 rings (SSSR count). The third-order valence-corrected chi connectivity index (χ3v) is 3.35. The lowest BCUT2D eigenvalue weighted by Crippen LogP contribution is -2.20. The van der Waals surface area contributed by atoms with Crippen LogP contribution in [0, 0.1) is 0 Å².